The second-order valence-corrected chi connectivity index (χ2v) is 9.53. The molecule has 1 fully saturated rings. The molecule has 7 nitrogen and oxygen atoms in total. The van der Waals surface area contributed by atoms with E-state index in [1.807, 2.05) is 24.3 Å². The lowest BCUT2D eigenvalue weighted by Crippen LogP contribution is -2.36. The summed E-state index contributed by atoms with van der Waals surface area (Å²) >= 11 is 12.0. The number of halogens is 2. The monoisotopic (exact) mass is 546 g/mol. The molecule has 0 aliphatic carbocycles. The number of ether oxygens (including phenoxy) is 1. The second kappa shape index (κ2) is 11.6. The zero-order chi connectivity index (χ0) is 26.5. The Bertz CT molecular complexity index is 1450. The molecule has 1 aromatic heterocycles. The standard InChI is InChI=1S/C29H24Cl2N4O3/c30-21-9-11-25(24(17-21)29(37)34-27-12-10-22(31)18-32-27)33-28(36)20-7-5-19(6-8-20)23-3-1-2-4-26(23)35-13-15-38-16-14-35/h1-12,17-18H,13-16H2,(H,33,36)(H,32,34,37). The summed E-state index contributed by atoms with van der Waals surface area (Å²) in [6.07, 6.45) is 1.43. The van der Waals surface area contributed by atoms with E-state index >= 15 is 0 Å². The van der Waals surface area contributed by atoms with Crippen LogP contribution in [0.15, 0.2) is 85.1 Å². The van der Waals surface area contributed by atoms with Crippen molar-refractivity contribution >= 4 is 52.2 Å². The summed E-state index contributed by atoms with van der Waals surface area (Å²) in [5, 5.41) is 6.34. The molecule has 9 heteroatoms. The summed E-state index contributed by atoms with van der Waals surface area (Å²) in [7, 11) is 0. The van der Waals surface area contributed by atoms with Crippen molar-refractivity contribution < 1.29 is 14.3 Å². The summed E-state index contributed by atoms with van der Waals surface area (Å²) < 4.78 is 5.49. The number of aromatic nitrogens is 1. The lowest BCUT2D eigenvalue weighted by molar-refractivity contribution is 0.102. The molecule has 5 rings (SSSR count). The van der Waals surface area contributed by atoms with Crippen LogP contribution >= 0.6 is 23.2 Å². The van der Waals surface area contributed by atoms with Gasteiger partial charge in [0.2, 0.25) is 0 Å². The number of hydrogen-bond acceptors (Lipinski definition) is 5. The SMILES string of the molecule is O=C(Nc1ccc(Cl)cc1C(=O)Nc1ccc(Cl)cn1)c1ccc(-c2ccccc2N2CCOCC2)cc1. The van der Waals surface area contributed by atoms with Gasteiger partial charge in [-0.2, -0.15) is 0 Å². The highest BCUT2D eigenvalue weighted by atomic mass is 35.5. The van der Waals surface area contributed by atoms with Gasteiger partial charge in [-0.15, -0.1) is 0 Å². The van der Waals surface area contributed by atoms with Crippen LogP contribution in [0, 0.1) is 0 Å². The van der Waals surface area contributed by atoms with E-state index in [9.17, 15) is 9.59 Å². The van der Waals surface area contributed by atoms with E-state index in [4.69, 9.17) is 27.9 Å². The van der Waals surface area contributed by atoms with Gasteiger partial charge < -0.3 is 20.3 Å². The molecular formula is C29H24Cl2N4O3. The molecule has 3 aromatic carbocycles. The normalized spacial score (nSPS) is 13.2. The highest BCUT2D eigenvalue weighted by Gasteiger charge is 2.18. The maximum Gasteiger partial charge on any atom is 0.258 e. The molecule has 0 saturated carbocycles. The largest absolute Gasteiger partial charge is 0.378 e. The smallest absolute Gasteiger partial charge is 0.258 e. The number of benzene rings is 3. The van der Waals surface area contributed by atoms with Gasteiger partial charge in [0.25, 0.3) is 11.8 Å². The summed E-state index contributed by atoms with van der Waals surface area (Å²) in [5.74, 6) is -0.490. The van der Waals surface area contributed by atoms with Gasteiger partial charge in [0.15, 0.2) is 0 Å². The van der Waals surface area contributed by atoms with Crippen molar-refractivity contribution in [2.24, 2.45) is 0 Å². The molecule has 1 aliphatic rings. The van der Waals surface area contributed by atoms with Crippen molar-refractivity contribution in [1.29, 1.82) is 0 Å². The number of hydrogen-bond donors (Lipinski definition) is 2. The number of anilines is 3. The Morgan fingerprint density at radius 1 is 0.816 bits per heavy atom. The fourth-order valence-electron chi connectivity index (χ4n) is 4.24. The Hall–Kier alpha value is -3.91. The van der Waals surface area contributed by atoms with E-state index in [-0.39, 0.29) is 11.5 Å². The Morgan fingerprint density at radius 3 is 2.29 bits per heavy atom. The van der Waals surface area contributed by atoms with Gasteiger partial charge in [0, 0.05) is 41.1 Å². The molecule has 2 amide bonds. The summed E-state index contributed by atoms with van der Waals surface area (Å²) in [4.78, 5) is 32.4. The van der Waals surface area contributed by atoms with Crippen LogP contribution in [0.25, 0.3) is 11.1 Å². The molecule has 0 bridgehead atoms. The first-order valence-corrected chi connectivity index (χ1v) is 12.8. The van der Waals surface area contributed by atoms with E-state index in [2.05, 4.69) is 32.7 Å². The molecule has 0 radical (unpaired) electrons. The first-order chi connectivity index (χ1) is 18.5. The van der Waals surface area contributed by atoms with Crippen LogP contribution in [-0.2, 0) is 4.74 Å². The van der Waals surface area contributed by atoms with Crippen molar-refractivity contribution in [1.82, 2.24) is 4.98 Å². The third-order valence-corrected chi connectivity index (χ3v) is 6.62. The van der Waals surface area contributed by atoms with Gasteiger partial charge in [0.1, 0.15) is 5.82 Å². The van der Waals surface area contributed by atoms with E-state index in [0.29, 0.717) is 40.3 Å². The average molecular weight is 547 g/mol. The Morgan fingerprint density at radius 2 is 1.55 bits per heavy atom. The van der Waals surface area contributed by atoms with Crippen LogP contribution < -0.4 is 15.5 Å². The Kier molecular flexibility index (Phi) is 7.89. The molecule has 0 atom stereocenters. The fraction of sp³-hybridized carbons (Fsp3) is 0.138. The van der Waals surface area contributed by atoms with Crippen molar-refractivity contribution in [2.75, 3.05) is 41.8 Å². The van der Waals surface area contributed by atoms with E-state index in [0.717, 1.165) is 29.9 Å². The van der Waals surface area contributed by atoms with Crippen molar-refractivity contribution in [3.8, 4) is 11.1 Å². The van der Waals surface area contributed by atoms with E-state index in [1.54, 1.807) is 36.4 Å². The Balaban J connectivity index is 1.34. The molecule has 2 heterocycles. The van der Waals surface area contributed by atoms with Crippen LogP contribution in [0.1, 0.15) is 20.7 Å². The number of amides is 2. The van der Waals surface area contributed by atoms with E-state index < -0.39 is 5.91 Å². The van der Waals surface area contributed by atoms with Crippen molar-refractivity contribution in [2.45, 2.75) is 0 Å². The van der Waals surface area contributed by atoms with Gasteiger partial charge >= 0.3 is 0 Å². The van der Waals surface area contributed by atoms with Crippen molar-refractivity contribution in [3.63, 3.8) is 0 Å². The van der Waals surface area contributed by atoms with Crippen LogP contribution in [0.4, 0.5) is 17.2 Å². The molecule has 2 N–H and O–H groups in total. The number of carbonyl (C=O) groups excluding carboxylic acids is 2. The lowest BCUT2D eigenvalue weighted by Gasteiger charge is -2.30. The van der Waals surface area contributed by atoms with Gasteiger partial charge in [0.05, 0.1) is 29.5 Å². The maximum absolute atomic E-state index is 13.1. The number of nitrogens with zero attached hydrogens (tertiary/aromatic N) is 2. The number of rotatable bonds is 6. The van der Waals surface area contributed by atoms with Crippen LogP contribution in [0.2, 0.25) is 10.0 Å². The summed E-state index contributed by atoms with van der Waals surface area (Å²) in [6, 6.07) is 23.5. The quantitative estimate of drug-likeness (QED) is 0.292. The highest BCUT2D eigenvalue weighted by Crippen LogP contribution is 2.32. The van der Waals surface area contributed by atoms with Gasteiger partial charge in [-0.05, 0) is 54.1 Å². The predicted octanol–water partition coefficient (Wildman–Crippen LogP) is 6.40. The first kappa shape index (κ1) is 25.7. The molecule has 1 saturated heterocycles. The minimum Gasteiger partial charge on any atom is -0.378 e. The van der Waals surface area contributed by atoms with Gasteiger partial charge in [-0.25, -0.2) is 4.98 Å². The van der Waals surface area contributed by atoms with E-state index in [1.165, 1.54) is 12.3 Å². The molecule has 4 aromatic rings. The molecule has 0 spiro atoms. The number of nitrogens with one attached hydrogen (secondary N) is 2. The summed E-state index contributed by atoms with van der Waals surface area (Å²) in [6.45, 7) is 3.08. The van der Waals surface area contributed by atoms with Gasteiger partial charge in [-0.3, -0.25) is 9.59 Å². The second-order valence-electron chi connectivity index (χ2n) is 8.65. The molecule has 38 heavy (non-hydrogen) atoms. The number of carbonyl (C=O) groups is 2. The third-order valence-electron chi connectivity index (χ3n) is 6.16. The first-order valence-electron chi connectivity index (χ1n) is 12.0. The fourth-order valence-corrected chi connectivity index (χ4v) is 4.52. The zero-order valence-corrected chi connectivity index (χ0v) is 21.8. The zero-order valence-electron chi connectivity index (χ0n) is 20.3. The van der Waals surface area contributed by atoms with Crippen molar-refractivity contribution in [3.05, 3.63) is 106 Å². The molecule has 192 valence electrons. The van der Waals surface area contributed by atoms with Gasteiger partial charge in [-0.1, -0.05) is 53.5 Å². The Labute approximate surface area is 230 Å². The average Bonchev–Trinajstić information content (AvgIpc) is 2.95. The highest BCUT2D eigenvalue weighted by molar-refractivity contribution is 6.31. The lowest BCUT2D eigenvalue weighted by atomic mass is 10.0. The van der Waals surface area contributed by atoms with Crippen LogP contribution in [0.3, 0.4) is 0 Å². The number of morpholine rings is 1. The van der Waals surface area contributed by atoms with Crippen LogP contribution in [0.5, 0.6) is 0 Å². The predicted molar refractivity (Wildman–Crippen MR) is 152 cm³/mol. The summed E-state index contributed by atoms with van der Waals surface area (Å²) in [5.41, 5.74) is 4.23. The molecule has 0 unspecified atom stereocenters. The minimum absolute atomic E-state index is 0.207. The van der Waals surface area contributed by atoms with Crippen LogP contribution in [-0.4, -0.2) is 43.1 Å². The number of para-hydroxylation sites is 1. The molecular weight excluding hydrogens is 523 g/mol. The molecule has 1 aliphatic heterocycles. The number of pyridine rings is 1. The minimum atomic E-state index is -0.465. The third kappa shape index (κ3) is 5.97. The maximum atomic E-state index is 13.1. The topological polar surface area (TPSA) is 83.6 Å².